The van der Waals surface area contributed by atoms with Gasteiger partial charge in [-0.25, -0.2) is 0 Å². The molecule has 0 radical (unpaired) electrons. The number of aromatic amines is 1. The van der Waals surface area contributed by atoms with Crippen molar-refractivity contribution in [3.8, 4) is 0 Å². The number of ether oxygens (including phenoxy) is 1. The van der Waals surface area contributed by atoms with Crippen LogP contribution < -0.4 is 10.6 Å². The molecule has 0 spiro atoms. The van der Waals surface area contributed by atoms with Crippen LogP contribution in [-0.2, 0) is 11.3 Å². The molecule has 5 nitrogen and oxygen atoms in total. The van der Waals surface area contributed by atoms with Gasteiger partial charge in [0.1, 0.15) is 0 Å². The van der Waals surface area contributed by atoms with E-state index in [0.717, 1.165) is 50.1 Å². The lowest BCUT2D eigenvalue weighted by atomic mass is 10.1. The van der Waals surface area contributed by atoms with Crippen LogP contribution in [0.1, 0.15) is 12.0 Å². The molecular weight excluding hydrogens is 240 g/mol. The van der Waals surface area contributed by atoms with Crippen molar-refractivity contribution >= 4 is 10.9 Å². The molecular formula is C14H22N4O. The van der Waals surface area contributed by atoms with E-state index < -0.39 is 0 Å². The molecule has 2 rings (SSSR count). The van der Waals surface area contributed by atoms with Crippen molar-refractivity contribution in [1.82, 2.24) is 20.8 Å². The fraction of sp³-hybridized carbons (Fsp3) is 0.500. The molecule has 5 heteroatoms. The first-order chi connectivity index (χ1) is 9.40. The van der Waals surface area contributed by atoms with E-state index in [2.05, 4.69) is 39.0 Å². The standard InChI is InChI=1S/C14H22N4O/c1-19-8-7-15-5-2-6-16-10-12-3-4-13-11-17-18-14(13)9-12/h3-4,9,11,15-16H,2,5-8,10H2,1H3,(H,17,18). The zero-order chi connectivity index (χ0) is 13.3. The van der Waals surface area contributed by atoms with Crippen molar-refractivity contribution in [2.24, 2.45) is 0 Å². The van der Waals surface area contributed by atoms with E-state index in [1.54, 1.807) is 7.11 Å². The van der Waals surface area contributed by atoms with Crippen LogP contribution in [-0.4, -0.2) is 43.5 Å². The summed E-state index contributed by atoms with van der Waals surface area (Å²) < 4.78 is 4.97. The summed E-state index contributed by atoms with van der Waals surface area (Å²) >= 11 is 0. The third kappa shape index (κ3) is 4.63. The number of aromatic nitrogens is 2. The number of methoxy groups -OCH3 is 1. The van der Waals surface area contributed by atoms with E-state index in [1.807, 2.05) is 6.20 Å². The van der Waals surface area contributed by atoms with Gasteiger partial charge in [0.05, 0.1) is 18.3 Å². The van der Waals surface area contributed by atoms with E-state index in [-0.39, 0.29) is 0 Å². The Labute approximate surface area is 113 Å². The average molecular weight is 262 g/mol. The second-order valence-electron chi connectivity index (χ2n) is 4.56. The minimum absolute atomic E-state index is 0.775. The van der Waals surface area contributed by atoms with Crippen LogP contribution >= 0.6 is 0 Å². The summed E-state index contributed by atoms with van der Waals surface area (Å²) in [5.74, 6) is 0. The number of fused-ring (bicyclic) bond motifs is 1. The van der Waals surface area contributed by atoms with Gasteiger partial charge in [-0.3, -0.25) is 5.10 Å². The number of nitrogens with one attached hydrogen (secondary N) is 3. The first kappa shape index (κ1) is 14.0. The Hall–Kier alpha value is -1.43. The van der Waals surface area contributed by atoms with E-state index in [0.29, 0.717) is 0 Å². The third-order valence-electron chi connectivity index (χ3n) is 3.03. The fourth-order valence-electron chi connectivity index (χ4n) is 1.96. The largest absolute Gasteiger partial charge is 0.383 e. The zero-order valence-corrected chi connectivity index (χ0v) is 11.4. The molecule has 2 aromatic rings. The second kappa shape index (κ2) is 7.89. The van der Waals surface area contributed by atoms with E-state index >= 15 is 0 Å². The topological polar surface area (TPSA) is 62.0 Å². The molecule has 1 aromatic heterocycles. The lowest BCUT2D eigenvalue weighted by Crippen LogP contribution is -2.24. The van der Waals surface area contributed by atoms with Crippen molar-refractivity contribution < 1.29 is 4.74 Å². The molecule has 0 aliphatic heterocycles. The maximum absolute atomic E-state index is 4.97. The van der Waals surface area contributed by atoms with Crippen molar-refractivity contribution in [3.63, 3.8) is 0 Å². The van der Waals surface area contributed by atoms with Gasteiger partial charge in [-0.15, -0.1) is 0 Å². The Kier molecular flexibility index (Phi) is 5.81. The Morgan fingerprint density at radius 1 is 1.21 bits per heavy atom. The molecule has 104 valence electrons. The van der Waals surface area contributed by atoms with Gasteiger partial charge >= 0.3 is 0 Å². The third-order valence-corrected chi connectivity index (χ3v) is 3.03. The summed E-state index contributed by atoms with van der Waals surface area (Å²) in [6.07, 6.45) is 2.97. The van der Waals surface area contributed by atoms with Gasteiger partial charge in [0.25, 0.3) is 0 Å². The highest BCUT2D eigenvalue weighted by molar-refractivity contribution is 5.78. The fourth-order valence-corrected chi connectivity index (χ4v) is 1.96. The molecule has 0 saturated heterocycles. The van der Waals surface area contributed by atoms with Gasteiger partial charge in [-0.05, 0) is 31.1 Å². The highest BCUT2D eigenvalue weighted by Crippen LogP contribution is 2.12. The lowest BCUT2D eigenvalue weighted by molar-refractivity contribution is 0.199. The number of H-pyrrole nitrogens is 1. The Bertz CT molecular complexity index is 483. The molecule has 0 aliphatic rings. The van der Waals surface area contributed by atoms with Gasteiger partial charge in [-0.1, -0.05) is 12.1 Å². The molecule has 0 aliphatic carbocycles. The number of hydrogen-bond acceptors (Lipinski definition) is 4. The summed E-state index contributed by atoms with van der Waals surface area (Å²) in [5, 5.41) is 14.9. The van der Waals surface area contributed by atoms with E-state index in [1.165, 1.54) is 5.56 Å². The summed E-state index contributed by atoms with van der Waals surface area (Å²) in [7, 11) is 1.72. The lowest BCUT2D eigenvalue weighted by Gasteiger charge is -2.06. The molecule has 0 bridgehead atoms. The van der Waals surface area contributed by atoms with Gasteiger partial charge in [0, 0.05) is 25.6 Å². The molecule has 1 aromatic carbocycles. The SMILES string of the molecule is COCCNCCCNCc1ccc2cn[nH]c2c1. The van der Waals surface area contributed by atoms with Gasteiger partial charge in [0.2, 0.25) is 0 Å². The van der Waals surface area contributed by atoms with Gasteiger partial charge < -0.3 is 15.4 Å². The molecule has 19 heavy (non-hydrogen) atoms. The van der Waals surface area contributed by atoms with E-state index in [9.17, 15) is 0 Å². The number of benzene rings is 1. The Morgan fingerprint density at radius 2 is 2.11 bits per heavy atom. The first-order valence-corrected chi connectivity index (χ1v) is 6.72. The predicted octanol–water partition coefficient (Wildman–Crippen LogP) is 1.28. The maximum atomic E-state index is 4.97. The molecule has 0 saturated carbocycles. The average Bonchev–Trinajstić information content (AvgIpc) is 2.89. The second-order valence-corrected chi connectivity index (χ2v) is 4.56. The van der Waals surface area contributed by atoms with Crippen molar-refractivity contribution in [2.45, 2.75) is 13.0 Å². The summed E-state index contributed by atoms with van der Waals surface area (Å²) in [6.45, 7) is 4.63. The van der Waals surface area contributed by atoms with Crippen LogP contribution in [0.2, 0.25) is 0 Å². The quantitative estimate of drug-likeness (QED) is 0.596. The molecule has 3 N–H and O–H groups in total. The van der Waals surface area contributed by atoms with Crippen LogP contribution in [0, 0.1) is 0 Å². The maximum Gasteiger partial charge on any atom is 0.0653 e. The van der Waals surface area contributed by atoms with Gasteiger partial charge in [-0.2, -0.15) is 5.10 Å². The zero-order valence-electron chi connectivity index (χ0n) is 11.4. The van der Waals surface area contributed by atoms with Crippen molar-refractivity contribution in [3.05, 3.63) is 30.0 Å². The van der Waals surface area contributed by atoms with Crippen LogP contribution in [0.3, 0.4) is 0 Å². The summed E-state index contributed by atoms with van der Waals surface area (Å²) in [6, 6.07) is 6.38. The smallest absolute Gasteiger partial charge is 0.0653 e. The molecule has 0 fully saturated rings. The summed E-state index contributed by atoms with van der Waals surface area (Å²) in [4.78, 5) is 0. The van der Waals surface area contributed by atoms with Crippen LogP contribution in [0.5, 0.6) is 0 Å². The first-order valence-electron chi connectivity index (χ1n) is 6.72. The van der Waals surface area contributed by atoms with E-state index in [4.69, 9.17) is 4.74 Å². The number of rotatable bonds is 9. The number of hydrogen-bond donors (Lipinski definition) is 3. The normalized spacial score (nSPS) is 11.2. The highest BCUT2D eigenvalue weighted by atomic mass is 16.5. The van der Waals surface area contributed by atoms with Gasteiger partial charge in [0.15, 0.2) is 0 Å². The monoisotopic (exact) mass is 262 g/mol. The minimum Gasteiger partial charge on any atom is -0.383 e. The number of nitrogens with zero attached hydrogens (tertiary/aromatic N) is 1. The van der Waals surface area contributed by atoms with Crippen LogP contribution in [0.25, 0.3) is 10.9 Å². The molecule has 0 unspecified atom stereocenters. The predicted molar refractivity (Wildman–Crippen MR) is 77.2 cm³/mol. The van der Waals surface area contributed by atoms with Crippen molar-refractivity contribution in [2.75, 3.05) is 33.4 Å². The summed E-state index contributed by atoms with van der Waals surface area (Å²) in [5.41, 5.74) is 2.38. The van der Waals surface area contributed by atoms with Crippen LogP contribution in [0.4, 0.5) is 0 Å². The van der Waals surface area contributed by atoms with Crippen molar-refractivity contribution in [1.29, 1.82) is 0 Å². The minimum atomic E-state index is 0.775. The molecule has 1 heterocycles. The van der Waals surface area contributed by atoms with Crippen LogP contribution in [0.15, 0.2) is 24.4 Å². The highest BCUT2D eigenvalue weighted by Gasteiger charge is 1.97. The Balaban J connectivity index is 1.60. The molecule has 0 atom stereocenters. The Morgan fingerprint density at radius 3 is 3.00 bits per heavy atom. The molecule has 0 amide bonds.